The van der Waals surface area contributed by atoms with Crippen LogP contribution in [0.15, 0.2) is 41.8 Å². The van der Waals surface area contributed by atoms with Crippen molar-refractivity contribution in [3.8, 4) is 0 Å². The quantitative estimate of drug-likeness (QED) is 0.647. The molecule has 3 aromatic rings. The summed E-state index contributed by atoms with van der Waals surface area (Å²) in [6.45, 7) is 2.98. The number of hydrogen-bond acceptors (Lipinski definition) is 3. The fourth-order valence-electron chi connectivity index (χ4n) is 2.93. The molecule has 0 saturated heterocycles. The van der Waals surface area contributed by atoms with Gasteiger partial charge >= 0.3 is 0 Å². The minimum atomic E-state index is 0.629. The molecule has 0 amide bonds. The highest BCUT2D eigenvalue weighted by Crippen LogP contribution is 2.27. The van der Waals surface area contributed by atoms with Crippen LogP contribution in [0.2, 0.25) is 5.15 Å². The summed E-state index contributed by atoms with van der Waals surface area (Å²) in [6.07, 6.45) is 1.14. The average molecular weight is 315 g/mol. The van der Waals surface area contributed by atoms with E-state index in [4.69, 9.17) is 11.6 Å². The zero-order valence-corrected chi connectivity index (χ0v) is 13.1. The molecule has 2 nitrogen and oxygen atoms in total. The number of halogens is 1. The van der Waals surface area contributed by atoms with E-state index in [1.54, 1.807) is 0 Å². The molecule has 21 heavy (non-hydrogen) atoms. The predicted octanol–water partition coefficient (Wildman–Crippen LogP) is 4.51. The molecule has 4 rings (SSSR count). The highest BCUT2D eigenvalue weighted by Gasteiger charge is 2.18. The van der Waals surface area contributed by atoms with Crippen molar-refractivity contribution in [3.05, 3.63) is 62.9 Å². The van der Waals surface area contributed by atoms with Crippen molar-refractivity contribution in [1.29, 1.82) is 0 Å². The van der Waals surface area contributed by atoms with Gasteiger partial charge in [0.15, 0.2) is 0 Å². The molecule has 0 radical (unpaired) electrons. The Kier molecular flexibility index (Phi) is 3.42. The molecule has 106 valence electrons. The fraction of sp³-hybridized carbons (Fsp3) is 0.235. The van der Waals surface area contributed by atoms with Gasteiger partial charge in [0.2, 0.25) is 0 Å². The van der Waals surface area contributed by atoms with Gasteiger partial charge in [-0.25, -0.2) is 4.98 Å². The second kappa shape index (κ2) is 5.41. The van der Waals surface area contributed by atoms with Crippen molar-refractivity contribution in [3.63, 3.8) is 0 Å². The second-order valence-corrected chi connectivity index (χ2v) is 6.82. The lowest BCUT2D eigenvalue weighted by Crippen LogP contribution is -2.29. The van der Waals surface area contributed by atoms with Crippen LogP contribution in [0.5, 0.6) is 0 Å². The second-order valence-electron chi connectivity index (χ2n) is 5.46. The Morgan fingerprint density at radius 3 is 3.10 bits per heavy atom. The molecule has 0 fully saturated rings. The number of hydrogen-bond donors (Lipinski definition) is 0. The van der Waals surface area contributed by atoms with Gasteiger partial charge in [0, 0.05) is 35.5 Å². The Hall–Kier alpha value is -1.42. The molecule has 0 spiro atoms. The van der Waals surface area contributed by atoms with E-state index in [1.807, 2.05) is 29.5 Å². The summed E-state index contributed by atoms with van der Waals surface area (Å²) in [5, 5.41) is 3.98. The van der Waals surface area contributed by atoms with Crippen molar-refractivity contribution < 1.29 is 0 Å². The summed E-state index contributed by atoms with van der Waals surface area (Å²) in [5.74, 6) is 0. The van der Waals surface area contributed by atoms with E-state index in [0.29, 0.717) is 5.15 Å². The molecule has 3 heterocycles. The number of nitrogens with zero attached hydrogens (tertiary/aromatic N) is 2. The van der Waals surface area contributed by atoms with Gasteiger partial charge < -0.3 is 0 Å². The molecule has 0 atom stereocenters. The SMILES string of the molecule is Clc1nc2ccccc2cc1CN1CCc2sccc2C1. The molecule has 0 bridgehead atoms. The topological polar surface area (TPSA) is 16.1 Å². The maximum Gasteiger partial charge on any atom is 0.134 e. The summed E-state index contributed by atoms with van der Waals surface area (Å²) in [7, 11) is 0. The van der Waals surface area contributed by atoms with Crippen molar-refractivity contribution in [2.24, 2.45) is 0 Å². The van der Waals surface area contributed by atoms with E-state index >= 15 is 0 Å². The number of pyridine rings is 1. The first kappa shape index (κ1) is 13.3. The van der Waals surface area contributed by atoms with Crippen LogP contribution < -0.4 is 0 Å². The first-order valence-electron chi connectivity index (χ1n) is 7.11. The van der Waals surface area contributed by atoms with Crippen LogP contribution in [-0.2, 0) is 19.5 Å². The Morgan fingerprint density at radius 1 is 1.24 bits per heavy atom. The van der Waals surface area contributed by atoms with Crippen LogP contribution >= 0.6 is 22.9 Å². The minimum Gasteiger partial charge on any atom is -0.294 e. The molecule has 0 aliphatic carbocycles. The van der Waals surface area contributed by atoms with E-state index in [9.17, 15) is 0 Å². The largest absolute Gasteiger partial charge is 0.294 e. The molecule has 0 N–H and O–H groups in total. The van der Waals surface area contributed by atoms with Gasteiger partial charge in [-0.3, -0.25) is 4.90 Å². The third-order valence-corrected chi connectivity index (χ3v) is 5.38. The molecular formula is C17H15ClN2S. The van der Waals surface area contributed by atoms with Crippen LogP contribution in [0.4, 0.5) is 0 Å². The number of thiophene rings is 1. The van der Waals surface area contributed by atoms with Gasteiger partial charge in [0.05, 0.1) is 5.52 Å². The summed E-state index contributed by atoms with van der Waals surface area (Å²) < 4.78 is 0. The van der Waals surface area contributed by atoms with Crippen LogP contribution in [0.25, 0.3) is 10.9 Å². The number of para-hydroxylation sites is 1. The highest BCUT2D eigenvalue weighted by molar-refractivity contribution is 7.10. The molecule has 1 aliphatic rings. The highest BCUT2D eigenvalue weighted by atomic mass is 35.5. The van der Waals surface area contributed by atoms with Crippen molar-refractivity contribution in [2.45, 2.75) is 19.5 Å². The van der Waals surface area contributed by atoms with Crippen molar-refractivity contribution >= 4 is 33.8 Å². The third kappa shape index (κ3) is 2.57. The number of benzene rings is 1. The van der Waals surface area contributed by atoms with E-state index in [1.165, 1.54) is 10.4 Å². The lowest BCUT2D eigenvalue weighted by atomic mass is 10.1. The Labute approximate surface area is 133 Å². The van der Waals surface area contributed by atoms with Gasteiger partial charge in [-0.1, -0.05) is 29.8 Å². The summed E-state index contributed by atoms with van der Waals surface area (Å²) in [6, 6.07) is 12.5. The lowest BCUT2D eigenvalue weighted by molar-refractivity contribution is 0.247. The number of fused-ring (bicyclic) bond motifs is 2. The van der Waals surface area contributed by atoms with Crippen molar-refractivity contribution in [2.75, 3.05) is 6.54 Å². The van der Waals surface area contributed by atoms with E-state index in [-0.39, 0.29) is 0 Å². The monoisotopic (exact) mass is 314 g/mol. The zero-order valence-electron chi connectivity index (χ0n) is 11.6. The number of aromatic nitrogens is 1. The maximum absolute atomic E-state index is 6.37. The van der Waals surface area contributed by atoms with Gasteiger partial charge in [0.1, 0.15) is 5.15 Å². The third-order valence-electron chi connectivity index (χ3n) is 4.03. The molecule has 0 saturated carbocycles. The smallest absolute Gasteiger partial charge is 0.134 e. The summed E-state index contributed by atoms with van der Waals surface area (Å²) in [4.78, 5) is 8.50. The first-order valence-corrected chi connectivity index (χ1v) is 8.37. The standard InChI is InChI=1S/C17H15ClN2S/c18-17-14(9-12-3-1-2-4-15(12)19-17)11-20-7-5-16-13(10-20)6-8-21-16/h1-4,6,8-9H,5,7,10-11H2. The fourth-order valence-corrected chi connectivity index (χ4v) is 4.02. The van der Waals surface area contributed by atoms with E-state index in [0.717, 1.165) is 42.5 Å². The Morgan fingerprint density at radius 2 is 2.14 bits per heavy atom. The molecule has 1 aliphatic heterocycles. The summed E-state index contributed by atoms with van der Waals surface area (Å²) in [5.41, 5.74) is 3.55. The van der Waals surface area contributed by atoms with Gasteiger partial charge in [-0.15, -0.1) is 11.3 Å². The van der Waals surface area contributed by atoms with Crippen LogP contribution in [-0.4, -0.2) is 16.4 Å². The maximum atomic E-state index is 6.37. The molecule has 4 heteroatoms. The lowest BCUT2D eigenvalue weighted by Gasteiger charge is -2.27. The van der Waals surface area contributed by atoms with Gasteiger partial charge in [-0.05, 0) is 35.6 Å². The predicted molar refractivity (Wildman–Crippen MR) is 88.9 cm³/mol. The Balaban J connectivity index is 1.61. The van der Waals surface area contributed by atoms with Crippen molar-refractivity contribution in [1.82, 2.24) is 9.88 Å². The van der Waals surface area contributed by atoms with E-state index < -0.39 is 0 Å². The molecule has 1 aromatic carbocycles. The van der Waals surface area contributed by atoms with Gasteiger partial charge in [-0.2, -0.15) is 0 Å². The van der Waals surface area contributed by atoms with E-state index in [2.05, 4.69) is 33.5 Å². The van der Waals surface area contributed by atoms with Crippen LogP contribution in [0, 0.1) is 0 Å². The van der Waals surface area contributed by atoms with Crippen LogP contribution in [0.3, 0.4) is 0 Å². The average Bonchev–Trinajstić information content (AvgIpc) is 2.95. The number of rotatable bonds is 2. The zero-order chi connectivity index (χ0) is 14.2. The Bertz CT molecular complexity index is 796. The normalized spacial score (nSPS) is 15.3. The molecule has 2 aromatic heterocycles. The summed E-state index contributed by atoms with van der Waals surface area (Å²) >= 11 is 8.24. The minimum absolute atomic E-state index is 0.629. The van der Waals surface area contributed by atoms with Crippen LogP contribution in [0.1, 0.15) is 16.0 Å². The van der Waals surface area contributed by atoms with Gasteiger partial charge in [0.25, 0.3) is 0 Å². The molecule has 0 unspecified atom stereocenters. The molecular weight excluding hydrogens is 300 g/mol. The first-order chi connectivity index (χ1) is 10.3.